The average molecular weight is 196 g/mol. The second kappa shape index (κ2) is 4.91. The average Bonchev–Trinajstić information content (AvgIpc) is 2.52. The summed E-state index contributed by atoms with van der Waals surface area (Å²) in [5, 5.41) is 3.96. The number of hydrogen-bond acceptors (Lipinski definition) is 3. The highest BCUT2D eigenvalue weighted by atomic mass is 16.5. The van der Waals surface area contributed by atoms with E-state index in [1.807, 2.05) is 6.92 Å². The zero-order valence-corrected chi connectivity index (χ0v) is 8.86. The molecule has 0 aromatic carbocycles. The maximum absolute atomic E-state index is 11.6. The number of carbonyl (C=O) groups is 1. The largest absolute Gasteiger partial charge is 0.384 e. The number of ether oxygens (including phenoxy) is 1. The van der Waals surface area contributed by atoms with Gasteiger partial charge in [0, 0.05) is 33.4 Å². The number of Topliss-reactive ketones (excluding diaryl/α,β-unsaturated/α-hetero) is 1. The molecule has 0 saturated heterocycles. The summed E-state index contributed by atoms with van der Waals surface area (Å²) >= 11 is 0. The van der Waals surface area contributed by atoms with E-state index in [0.29, 0.717) is 18.6 Å². The standard InChI is InChI=1S/C10H16N2O2/c1-8(7-14-3)4-10(13)9-5-11-12(2)6-9/h5-6,8H,4,7H2,1-3H3. The molecule has 1 unspecified atom stereocenters. The number of ketones is 1. The van der Waals surface area contributed by atoms with Crippen LogP contribution < -0.4 is 0 Å². The van der Waals surface area contributed by atoms with Crippen LogP contribution in [0.4, 0.5) is 0 Å². The molecule has 14 heavy (non-hydrogen) atoms. The first-order valence-corrected chi connectivity index (χ1v) is 4.64. The summed E-state index contributed by atoms with van der Waals surface area (Å²) in [5.74, 6) is 0.385. The van der Waals surface area contributed by atoms with E-state index < -0.39 is 0 Å². The predicted molar refractivity (Wildman–Crippen MR) is 53.2 cm³/mol. The summed E-state index contributed by atoms with van der Waals surface area (Å²) in [7, 11) is 3.44. The van der Waals surface area contributed by atoms with Gasteiger partial charge in [0.2, 0.25) is 0 Å². The van der Waals surface area contributed by atoms with Crippen LogP contribution in [0.15, 0.2) is 12.4 Å². The molecular formula is C10H16N2O2. The maximum atomic E-state index is 11.6. The van der Waals surface area contributed by atoms with Crippen molar-refractivity contribution < 1.29 is 9.53 Å². The first-order valence-electron chi connectivity index (χ1n) is 4.64. The molecule has 4 nitrogen and oxygen atoms in total. The number of aryl methyl sites for hydroxylation is 1. The fourth-order valence-electron chi connectivity index (χ4n) is 1.34. The van der Waals surface area contributed by atoms with E-state index in [2.05, 4.69) is 5.10 Å². The zero-order valence-electron chi connectivity index (χ0n) is 8.86. The van der Waals surface area contributed by atoms with Gasteiger partial charge in [0.25, 0.3) is 0 Å². The van der Waals surface area contributed by atoms with Gasteiger partial charge in [-0.05, 0) is 5.92 Å². The van der Waals surface area contributed by atoms with Crippen molar-refractivity contribution >= 4 is 5.78 Å². The third-order valence-corrected chi connectivity index (χ3v) is 2.01. The summed E-state index contributed by atoms with van der Waals surface area (Å²) in [6.45, 7) is 2.61. The molecule has 0 spiro atoms. The van der Waals surface area contributed by atoms with Gasteiger partial charge in [-0.3, -0.25) is 9.48 Å². The second-order valence-electron chi connectivity index (χ2n) is 3.59. The van der Waals surface area contributed by atoms with Crippen LogP contribution in [0.2, 0.25) is 0 Å². The molecule has 0 aliphatic rings. The topological polar surface area (TPSA) is 44.1 Å². The number of carbonyl (C=O) groups excluding carboxylic acids is 1. The number of methoxy groups -OCH3 is 1. The highest BCUT2D eigenvalue weighted by Gasteiger charge is 2.12. The lowest BCUT2D eigenvalue weighted by Gasteiger charge is -2.07. The lowest BCUT2D eigenvalue weighted by molar-refractivity contribution is 0.0920. The molecule has 1 aromatic heterocycles. The Balaban J connectivity index is 2.50. The number of hydrogen-bond donors (Lipinski definition) is 0. The van der Waals surface area contributed by atoms with Gasteiger partial charge in [-0.15, -0.1) is 0 Å². The van der Waals surface area contributed by atoms with Crippen molar-refractivity contribution in [1.82, 2.24) is 9.78 Å². The van der Waals surface area contributed by atoms with Gasteiger partial charge >= 0.3 is 0 Å². The molecule has 4 heteroatoms. The Bertz CT molecular complexity index is 307. The van der Waals surface area contributed by atoms with Gasteiger partial charge in [-0.25, -0.2) is 0 Å². The predicted octanol–water partition coefficient (Wildman–Crippen LogP) is 1.28. The molecule has 0 amide bonds. The van der Waals surface area contributed by atoms with Crippen molar-refractivity contribution in [2.75, 3.05) is 13.7 Å². The summed E-state index contributed by atoms with van der Waals surface area (Å²) in [5.41, 5.74) is 0.676. The number of aromatic nitrogens is 2. The lowest BCUT2D eigenvalue weighted by atomic mass is 10.0. The van der Waals surface area contributed by atoms with Crippen molar-refractivity contribution in [2.24, 2.45) is 13.0 Å². The minimum Gasteiger partial charge on any atom is -0.384 e. The van der Waals surface area contributed by atoms with Crippen LogP contribution in [0, 0.1) is 5.92 Å². The van der Waals surface area contributed by atoms with Crippen molar-refractivity contribution in [2.45, 2.75) is 13.3 Å². The molecule has 1 aromatic rings. The first-order chi connectivity index (χ1) is 6.63. The molecule has 0 radical (unpaired) electrons. The summed E-state index contributed by atoms with van der Waals surface area (Å²) < 4.78 is 6.61. The Morgan fingerprint density at radius 3 is 2.93 bits per heavy atom. The van der Waals surface area contributed by atoms with Gasteiger partial charge in [-0.2, -0.15) is 5.10 Å². The Morgan fingerprint density at radius 1 is 1.71 bits per heavy atom. The highest BCUT2D eigenvalue weighted by molar-refractivity contribution is 5.95. The molecule has 1 rings (SSSR count). The zero-order chi connectivity index (χ0) is 10.6. The maximum Gasteiger partial charge on any atom is 0.166 e. The van der Waals surface area contributed by atoms with E-state index in [1.54, 1.807) is 31.2 Å². The van der Waals surface area contributed by atoms with Crippen molar-refractivity contribution in [1.29, 1.82) is 0 Å². The minimum atomic E-state index is 0.127. The number of nitrogens with zero attached hydrogens (tertiary/aromatic N) is 2. The second-order valence-corrected chi connectivity index (χ2v) is 3.59. The lowest BCUT2D eigenvalue weighted by Crippen LogP contribution is -2.10. The van der Waals surface area contributed by atoms with E-state index in [4.69, 9.17) is 4.74 Å². The fraction of sp³-hybridized carbons (Fsp3) is 0.600. The SMILES string of the molecule is COCC(C)CC(=O)c1cnn(C)c1. The minimum absolute atomic E-state index is 0.127. The van der Waals surface area contributed by atoms with Crippen LogP contribution in [-0.4, -0.2) is 29.3 Å². The van der Waals surface area contributed by atoms with E-state index >= 15 is 0 Å². The monoisotopic (exact) mass is 196 g/mol. The Labute approximate surface area is 83.9 Å². The summed E-state index contributed by atoms with van der Waals surface area (Å²) in [6, 6.07) is 0. The van der Waals surface area contributed by atoms with Gasteiger partial charge in [0.1, 0.15) is 0 Å². The van der Waals surface area contributed by atoms with Crippen LogP contribution in [0.3, 0.4) is 0 Å². The van der Waals surface area contributed by atoms with Gasteiger partial charge in [-0.1, -0.05) is 6.92 Å². The van der Waals surface area contributed by atoms with Crippen LogP contribution >= 0.6 is 0 Å². The van der Waals surface area contributed by atoms with Crippen LogP contribution in [0.25, 0.3) is 0 Å². The van der Waals surface area contributed by atoms with E-state index in [1.165, 1.54) is 0 Å². The smallest absolute Gasteiger partial charge is 0.166 e. The van der Waals surface area contributed by atoms with Gasteiger partial charge < -0.3 is 4.74 Å². The Hall–Kier alpha value is -1.16. The molecule has 0 aliphatic carbocycles. The molecular weight excluding hydrogens is 180 g/mol. The quantitative estimate of drug-likeness (QED) is 0.666. The van der Waals surface area contributed by atoms with Crippen LogP contribution in [0.1, 0.15) is 23.7 Å². The van der Waals surface area contributed by atoms with Gasteiger partial charge in [0.15, 0.2) is 5.78 Å². The van der Waals surface area contributed by atoms with Crippen LogP contribution in [-0.2, 0) is 11.8 Å². The molecule has 1 atom stereocenters. The molecule has 0 fully saturated rings. The van der Waals surface area contributed by atoms with E-state index in [0.717, 1.165) is 0 Å². The van der Waals surface area contributed by atoms with E-state index in [9.17, 15) is 4.79 Å². The Morgan fingerprint density at radius 2 is 2.43 bits per heavy atom. The third-order valence-electron chi connectivity index (χ3n) is 2.01. The fourth-order valence-corrected chi connectivity index (χ4v) is 1.34. The molecule has 1 heterocycles. The normalized spacial score (nSPS) is 12.8. The van der Waals surface area contributed by atoms with Crippen molar-refractivity contribution in [3.8, 4) is 0 Å². The first kappa shape index (κ1) is 10.9. The Kier molecular flexibility index (Phi) is 3.83. The van der Waals surface area contributed by atoms with Crippen molar-refractivity contribution in [3.63, 3.8) is 0 Å². The molecule has 0 N–H and O–H groups in total. The third kappa shape index (κ3) is 2.96. The van der Waals surface area contributed by atoms with Crippen LogP contribution in [0.5, 0.6) is 0 Å². The molecule has 0 saturated carbocycles. The highest BCUT2D eigenvalue weighted by Crippen LogP contribution is 2.09. The molecule has 0 bridgehead atoms. The molecule has 78 valence electrons. The summed E-state index contributed by atoms with van der Waals surface area (Å²) in [6.07, 6.45) is 3.85. The van der Waals surface area contributed by atoms with Crippen molar-refractivity contribution in [3.05, 3.63) is 18.0 Å². The van der Waals surface area contributed by atoms with E-state index in [-0.39, 0.29) is 11.7 Å². The molecule has 0 aliphatic heterocycles. The van der Waals surface area contributed by atoms with Gasteiger partial charge in [0.05, 0.1) is 11.8 Å². The number of rotatable bonds is 5. The summed E-state index contributed by atoms with van der Waals surface area (Å²) in [4.78, 5) is 11.6.